The molecule has 1 fully saturated rings. The lowest BCUT2D eigenvalue weighted by Gasteiger charge is -2.19. The molecule has 0 amide bonds. The summed E-state index contributed by atoms with van der Waals surface area (Å²) < 4.78 is 12.0. The molecule has 1 aliphatic heterocycles. The molecule has 2 aromatic rings. The summed E-state index contributed by atoms with van der Waals surface area (Å²) >= 11 is 0. The number of fused-ring (bicyclic) bond motifs is 1. The summed E-state index contributed by atoms with van der Waals surface area (Å²) in [5.74, 6) is 0.909. The molecule has 3 unspecified atom stereocenters. The Bertz CT molecular complexity index is 624. The maximum Gasteiger partial charge on any atom is 0.132 e. The Morgan fingerprint density at radius 2 is 2.05 bits per heavy atom. The van der Waals surface area contributed by atoms with E-state index in [4.69, 9.17) is 15.2 Å². The third kappa shape index (κ3) is 3.04. The van der Waals surface area contributed by atoms with Gasteiger partial charge in [-0.2, -0.15) is 0 Å². The third-order valence-electron chi connectivity index (χ3n) is 4.13. The van der Waals surface area contributed by atoms with Gasteiger partial charge in [-0.3, -0.25) is 0 Å². The van der Waals surface area contributed by atoms with Crippen LogP contribution >= 0.6 is 0 Å². The Kier molecular flexibility index (Phi) is 4.13. The zero-order valence-electron chi connectivity index (χ0n) is 12.7. The Hall–Kier alpha value is -1.58. The number of ether oxygens (including phenoxy) is 2. The molecule has 1 saturated heterocycles. The van der Waals surface area contributed by atoms with Crippen LogP contribution < -0.4 is 10.5 Å². The van der Waals surface area contributed by atoms with Crippen LogP contribution in [0.1, 0.15) is 38.3 Å². The molecule has 0 aromatic heterocycles. The molecule has 3 nitrogen and oxygen atoms in total. The minimum atomic E-state index is -0.0481. The van der Waals surface area contributed by atoms with Crippen LogP contribution in [0.3, 0.4) is 0 Å². The first-order chi connectivity index (χ1) is 10.1. The van der Waals surface area contributed by atoms with Gasteiger partial charge in [0.25, 0.3) is 0 Å². The fraction of sp³-hybridized carbons (Fsp3) is 0.444. The van der Waals surface area contributed by atoms with Crippen LogP contribution in [0.2, 0.25) is 0 Å². The lowest BCUT2D eigenvalue weighted by atomic mass is 10.0. The quantitative estimate of drug-likeness (QED) is 0.929. The SMILES string of the molecule is CC1CCC(COc2c(C(C)N)ccc3ccccc23)O1. The Morgan fingerprint density at radius 1 is 1.24 bits per heavy atom. The van der Waals surface area contributed by atoms with Gasteiger partial charge < -0.3 is 15.2 Å². The topological polar surface area (TPSA) is 44.5 Å². The minimum Gasteiger partial charge on any atom is -0.490 e. The van der Waals surface area contributed by atoms with E-state index in [1.54, 1.807) is 0 Å². The molecule has 0 aliphatic carbocycles. The van der Waals surface area contributed by atoms with E-state index in [9.17, 15) is 0 Å². The van der Waals surface area contributed by atoms with Crippen molar-refractivity contribution in [2.45, 2.75) is 44.9 Å². The fourth-order valence-corrected chi connectivity index (χ4v) is 2.96. The van der Waals surface area contributed by atoms with Gasteiger partial charge in [0.15, 0.2) is 0 Å². The minimum absolute atomic E-state index is 0.0481. The van der Waals surface area contributed by atoms with Crippen molar-refractivity contribution in [2.24, 2.45) is 5.73 Å². The van der Waals surface area contributed by atoms with Crippen LogP contribution in [-0.4, -0.2) is 18.8 Å². The van der Waals surface area contributed by atoms with Crippen LogP contribution in [0.4, 0.5) is 0 Å². The molecule has 0 saturated carbocycles. The van der Waals surface area contributed by atoms with E-state index in [0.29, 0.717) is 12.7 Å². The molecule has 3 heteroatoms. The van der Waals surface area contributed by atoms with E-state index in [-0.39, 0.29) is 12.1 Å². The van der Waals surface area contributed by atoms with Crippen LogP contribution in [0.25, 0.3) is 10.8 Å². The second-order valence-electron chi connectivity index (χ2n) is 5.95. The summed E-state index contributed by atoms with van der Waals surface area (Å²) in [5, 5.41) is 2.30. The Morgan fingerprint density at radius 3 is 2.76 bits per heavy atom. The van der Waals surface area contributed by atoms with Crippen molar-refractivity contribution in [3.05, 3.63) is 42.0 Å². The maximum absolute atomic E-state index is 6.14. The van der Waals surface area contributed by atoms with E-state index in [1.807, 2.05) is 19.1 Å². The summed E-state index contributed by atoms with van der Waals surface area (Å²) in [4.78, 5) is 0. The second kappa shape index (κ2) is 6.04. The molecule has 2 N–H and O–H groups in total. The van der Waals surface area contributed by atoms with Crippen LogP contribution in [0, 0.1) is 0 Å². The molecule has 3 rings (SSSR count). The van der Waals surface area contributed by atoms with Crippen LogP contribution in [-0.2, 0) is 4.74 Å². The average molecular weight is 285 g/mol. The van der Waals surface area contributed by atoms with Crippen molar-refractivity contribution in [1.82, 2.24) is 0 Å². The molecule has 1 aliphatic rings. The van der Waals surface area contributed by atoms with E-state index in [1.165, 1.54) is 5.39 Å². The summed E-state index contributed by atoms with van der Waals surface area (Å²) in [6.45, 7) is 4.70. The zero-order chi connectivity index (χ0) is 14.8. The summed E-state index contributed by atoms with van der Waals surface area (Å²) in [6, 6.07) is 12.4. The molecule has 21 heavy (non-hydrogen) atoms. The first-order valence-electron chi connectivity index (χ1n) is 7.70. The highest BCUT2D eigenvalue weighted by Gasteiger charge is 2.23. The largest absolute Gasteiger partial charge is 0.490 e. The molecule has 0 bridgehead atoms. The van der Waals surface area contributed by atoms with Crippen molar-refractivity contribution < 1.29 is 9.47 Å². The van der Waals surface area contributed by atoms with Crippen molar-refractivity contribution in [1.29, 1.82) is 0 Å². The molecule has 1 heterocycles. The second-order valence-corrected chi connectivity index (χ2v) is 5.95. The number of hydrogen-bond donors (Lipinski definition) is 1. The predicted octanol–water partition coefficient (Wildman–Crippen LogP) is 3.81. The first kappa shape index (κ1) is 14.4. The van der Waals surface area contributed by atoms with E-state index >= 15 is 0 Å². The van der Waals surface area contributed by atoms with Crippen molar-refractivity contribution in [3.63, 3.8) is 0 Å². The molecule has 112 valence electrons. The van der Waals surface area contributed by atoms with Gasteiger partial charge in [-0.05, 0) is 32.1 Å². The molecule has 0 spiro atoms. The smallest absolute Gasteiger partial charge is 0.132 e. The van der Waals surface area contributed by atoms with E-state index in [0.717, 1.165) is 29.5 Å². The van der Waals surface area contributed by atoms with Crippen molar-refractivity contribution in [2.75, 3.05) is 6.61 Å². The Labute approximate surface area is 126 Å². The molecule has 2 aromatic carbocycles. The van der Waals surface area contributed by atoms with Gasteiger partial charge in [-0.1, -0.05) is 36.4 Å². The average Bonchev–Trinajstić information content (AvgIpc) is 2.90. The van der Waals surface area contributed by atoms with Gasteiger partial charge in [0.2, 0.25) is 0 Å². The first-order valence-corrected chi connectivity index (χ1v) is 7.70. The van der Waals surface area contributed by atoms with Gasteiger partial charge >= 0.3 is 0 Å². The number of hydrogen-bond acceptors (Lipinski definition) is 3. The normalized spacial score (nSPS) is 23.4. The highest BCUT2D eigenvalue weighted by molar-refractivity contribution is 5.89. The van der Waals surface area contributed by atoms with Gasteiger partial charge in [0.05, 0.1) is 12.2 Å². The summed E-state index contributed by atoms with van der Waals surface area (Å²) in [6.07, 6.45) is 2.72. The zero-order valence-corrected chi connectivity index (χ0v) is 12.7. The standard InChI is InChI=1S/C18H23NO2/c1-12-7-9-15(21-12)11-20-18-16(13(2)19)10-8-14-5-3-4-6-17(14)18/h3-6,8,10,12-13,15H,7,9,11,19H2,1-2H3. The van der Waals surface area contributed by atoms with Crippen molar-refractivity contribution >= 4 is 10.8 Å². The highest BCUT2D eigenvalue weighted by Crippen LogP contribution is 2.33. The third-order valence-corrected chi connectivity index (χ3v) is 4.13. The summed E-state index contributed by atoms with van der Waals surface area (Å²) in [7, 11) is 0. The van der Waals surface area contributed by atoms with Crippen LogP contribution in [0.5, 0.6) is 5.75 Å². The highest BCUT2D eigenvalue weighted by atomic mass is 16.5. The predicted molar refractivity (Wildman–Crippen MR) is 85.6 cm³/mol. The van der Waals surface area contributed by atoms with E-state index < -0.39 is 0 Å². The number of benzene rings is 2. The maximum atomic E-state index is 6.14. The van der Waals surface area contributed by atoms with Gasteiger partial charge in [-0.15, -0.1) is 0 Å². The van der Waals surface area contributed by atoms with Crippen LogP contribution in [0.15, 0.2) is 36.4 Å². The van der Waals surface area contributed by atoms with E-state index in [2.05, 4.69) is 31.2 Å². The van der Waals surface area contributed by atoms with Gasteiger partial charge in [0.1, 0.15) is 12.4 Å². The van der Waals surface area contributed by atoms with Gasteiger partial charge in [0, 0.05) is 17.0 Å². The van der Waals surface area contributed by atoms with Crippen molar-refractivity contribution in [3.8, 4) is 5.75 Å². The molecule has 3 atom stereocenters. The number of nitrogens with two attached hydrogens (primary N) is 1. The number of rotatable bonds is 4. The molecular formula is C18H23NO2. The monoisotopic (exact) mass is 285 g/mol. The summed E-state index contributed by atoms with van der Waals surface area (Å²) in [5.41, 5.74) is 7.16. The Balaban J connectivity index is 1.89. The fourth-order valence-electron chi connectivity index (χ4n) is 2.96. The molecule has 0 radical (unpaired) electrons. The van der Waals surface area contributed by atoms with Gasteiger partial charge in [-0.25, -0.2) is 0 Å². The molecular weight excluding hydrogens is 262 g/mol. The lowest BCUT2D eigenvalue weighted by Crippen LogP contribution is -2.19. The lowest BCUT2D eigenvalue weighted by molar-refractivity contribution is 0.0265.